The largest absolute Gasteiger partial charge is 0.462 e. The van der Waals surface area contributed by atoms with Crippen LogP contribution in [-0.4, -0.2) is 23.5 Å². The monoisotopic (exact) mass is 378 g/mol. The van der Waals surface area contributed by atoms with Gasteiger partial charge < -0.3 is 4.74 Å². The lowest BCUT2D eigenvalue weighted by atomic mass is 10.2. The van der Waals surface area contributed by atoms with E-state index in [1.807, 2.05) is 0 Å². The molecule has 0 aliphatic heterocycles. The van der Waals surface area contributed by atoms with E-state index in [1.165, 1.54) is 31.2 Å². The standard InChI is InChI=1S/C14H10ClF3N2O3S/c1-2-23-12(22)9-10(14(16,17)18)19-13(24-9)20-11(21)7-3-5-8(15)6-4-7/h3-6H,2H2,1H3,(H,19,20,21). The van der Waals surface area contributed by atoms with Crippen molar-refractivity contribution in [3.8, 4) is 0 Å². The molecular weight excluding hydrogens is 369 g/mol. The second-order valence-corrected chi connectivity index (χ2v) is 5.81. The number of anilines is 1. The van der Waals surface area contributed by atoms with Crippen LogP contribution in [0.1, 0.15) is 32.6 Å². The highest BCUT2D eigenvalue weighted by Crippen LogP contribution is 2.36. The first-order valence-corrected chi connectivity index (χ1v) is 7.74. The zero-order chi connectivity index (χ0) is 17.9. The summed E-state index contributed by atoms with van der Waals surface area (Å²) in [5.41, 5.74) is -1.21. The van der Waals surface area contributed by atoms with Crippen molar-refractivity contribution in [3.05, 3.63) is 45.4 Å². The molecule has 0 fully saturated rings. The van der Waals surface area contributed by atoms with Gasteiger partial charge in [0.05, 0.1) is 6.61 Å². The van der Waals surface area contributed by atoms with E-state index < -0.39 is 28.6 Å². The van der Waals surface area contributed by atoms with Crippen molar-refractivity contribution in [3.63, 3.8) is 0 Å². The third kappa shape index (κ3) is 4.24. The SMILES string of the molecule is CCOC(=O)c1sc(NC(=O)c2ccc(Cl)cc2)nc1C(F)(F)F. The van der Waals surface area contributed by atoms with Crippen molar-refractivity contribution in [1.29, 1.82) is 0 Å². The molecule has 1 aromatic heterocycles. The van der Waals surface area contributed by atoms with Gasteiger partial charge in [0.15, 0.2) is 10.8 Å². The Kier molecular flexibility index (Phi) is 5.45. The van der Waals surface area contributed by atoms with E-state index in [9.17, 15) is 22.8 Å². The van der Waals surface area contributed by atoms with Gasteiger partial charge in [-0.05, 0) is 31.2 Å². The minimum Gasteiger partial charge on any atom is -0.462 e. The molecule has 5 nitrogen and oxygen atoms in total. The number of esters is 1. The number of amides is 1. The molecule has 1 aromatic carbocycles. The number of ether oxygens (including phenoxy) is 1. The molecule has 0 aliphatic carbocycles. The fraction of sp³-hybridized carbons (Fsp3) is 0.214. The number of carbonyl (C=O) groups is 2. The van der Waals surface area contributed by atoms with Crippen LogP contribution in [0.3, 0.4) is 0 Å². The van der Waals surface area contributed by atoms with Crippen LogP contribution in [0.25, 0.3) is 0 Å². The summed E-state index contributed by atoms with van der Waals surface area (Å²) in [7, 11) is 0. The van der Waals surface area contributed by atoms with Crippen LogP contribution in [-0.2, 0) is 10.9 Å². The number of rotatable bonds is 4. The van der Waals surface area contributed by atoms with Crippen molar-refractivity contribution in [1.82, 2.24) is 4.98 Å². The molecule has 0 aliphatic rings. The van der Waals surface area contributed by atoms with Gasteiger partial charge in [0.1, 0.15) is 4.88 Å². The number of nitrogens with one attached hydrogen (secondary N) is 1. The second kappa shape index (κ2) is 7.18. The summed E-state index contributed by atoms with van der Waals surface area (Å²) in [6, 6.07) is 5.73. The lowest BCUT2D eigenvalue weighted by Gasteiger charge is -2.05. The first-order valence-electron chi connectivity index (χ1n) is 6.54. The first-order chi connectivity index (χ1) is 11.2. The van der Waals surface area contributed by atoms with Crippen molar-refractivity contribution in [2.45, 2.75) is 13.1 Å². The maximum atomic E-state index is 13.0. The number of aromatic nitrogens is 1. The summed E-state index contributed by atoms with van der Waals surface area (Å²) >= 11 is 6.09. The minimum absolute atomic E-state index is 0.0828. The van der Waals surface area contributed by atoms with E-state index in [0.29, 0.717) is 16.4 Å². The van der Waals surface area contributed by atoms with E-state index in [2.05, 4.69) is 15.0 Å². The van der Waals surface area contributed by atoms with E-state index in [0.717, 1.165) is 0 Å². The summed E-state index contributed by atoms with van der Waals surface area (Å²) in [6.07, 6.45) is -4.85. The van der Waals surface area contributed by atoms with Gasteiger partial charge in [-0.3, -0.25) is 10.1 Å². The molecular formula is C14H10ClF3N2O3S. The predicted molar refractivity (Wildman–Crippen MR) is 82.5 cm³/mol. The van der Waals surface area contributed by atoms with Crippen molar-refractivity contribution in [2.24, 2.45) is 0 Å². The number of thiazole rings is 1. The topological polar surface area (TPSA) is 68.3 Å². The van der Waals surface area contributed by atoms with Gasteiger partial charge in [-0.2, -0.15) is 13.2 Å². The lowest BCUT2D eigenvalue weighted by Crippen LogP contribution is -2.14. The quantitative estimate of drug-likeness (QED) is 0.808. The Morgan fingerprint density at radius 2 is 1.92 bits per heavy atom. The predicted octanol–water partition coefficient (Wildman–Crippen LogP) is 4.24. The molecule has 0 saturated carbocycles. The van der Waals surface area contributed by atoms with Crippen LogP contribution in [0.5, 0.6) is 0 Å². The first kappa shape index (κ1) is 18.2. The normalized spacial score (nSPS) is 11.2. The van der Waals surface area contributed by atoms with E-state index >= 15 is 0 Å². The van der Waals surface area contributed by atoms with E-state index in [4.69, 9.17) is 11.6 Å². The maximum absolute atomic E-state index is 13.0. The Hall–Kier alpha value is -2.13. The number of halogens is 4. The second-order valence-electron chi connectivity index (χ2n) is 4.38. The summed E-state index contributed by atoms with van der Waals surface area (Å²) in [5, 5.41) is 2.28. The van der Waals surface area contributed by atoms with Gasteiger partial charge in [0.25, 0.3) is 5.91 Å². The molecule has 1 N–H and O–H groups in total. The van der Waals surface area contributed by atoms with Gasteiger partial charge in [-0.15, -0.1) is 0 Å². The third-order valence-electron chi connectivity index (χ3n) is 2.68. The van der Waals surface area contributed by atoms with Crippen LogP contribution in [0.2, 0.25) is 5.02 Å². The Labute approximate surface area is 143 Å². The van der Waals surface area contributed by atoms with Gasteiger partial charge >= 0.3 is 12.1 Å². The van der Waals surface area contributed by atoms with Crippen LogP contribution in [0, 0.1) is 0 Å². The highest BCUT2D eigenvalue weighted by molar-refractivity contribution is 7.17. The number of hydrogen-bond donors (Lipinski definition) is 1. The minimum atomic E-state index is -4.85. The lowest BCUT2D eigenvalue weighted by molar-refractivity contribution is -0.141. The number of hydrogen-bond acceptors (Lipinski definition) is 5. The number of benzene rings is 1. The molecule has 128 valence electrons. The molecule has 0 spiro atoms. The van der Waals surface area contributed by atoms with E-state index in [1.54, 1.807) is 0 Å². The zero-order valence-corrected chi connectivity index (χ0v) is 13.7. The smallest absolute Gasteiger partial charge is 0.435 e. The molecule has 0 bridgehead atoms. The summed E-state index contributed by atoms with van der Waals surface area (Å²) in [6.45, 7) is 1.38. The van der Waals surface area contributed by atoms with Crippen molar-refractivity contribution in [2.75, 3.05) is 11.9 Å². The zero-order valence-electron chi connectivity index (χ0n) is 12.1. The van der Waals surface area contributed by atoms with Crippen LogP contribution < -0.4 is 5.32 Å². The third-order valence-corrected chi connectivity index (χ3v) is 3.89. The highest BCUT2D eigenvalue weighted by atomic mass is 35.5. The van der Waals surface area contributed by atoms with Crippen molar-refractivity contribution < 1.29 is 27.5 Å². The fourth-order valence-corrected chi connectivity index (χ4v) is 2.67. The molecule has 0 radical (unpaired) electrons. The number of nitrogens with zero attached hydrogens (tertiary/aromatic N) is 1. The molecule has 1 heterocycles. The molecule has 1 amide bonds. The Bertz CT molecular complexity index is 760. The number of alkyl halides is 3. The van der Waals surface area contributed by atoms with Crippen molar-refractivity contribution >= 4 is 39.9 Å². The Morgan fingerprint density at radius 1 is 1.29 bits per heavy atom. The Morgan fingerprint density at radius 3 is 2.46 bits per heavy atom. The Balaban J connectivity index is 2.29. The van der Waals surface area contributed by atoms with Crippen LogP contribution in [0.4, 0.5) is 18.3 Å². The fourth-order valence-electron chi connectivity index (χ4n) is 1.67. The molecule has 24 heavy (non-hydrogen) atoms. The number of carbonyl (C=O) groups excluding carboxylic acids is 2. The highest BCUT2D eigenvalue weighted by Gasteiger charge is 2.40. The molecule has 2 aromatic rings. The van der Waals surface area contributed by atoms with Gasteiger partial charge in [0, 0.05) is 10.6 Å². The maximum Gasteiger partial charge on any atom is 0.435 e. The van der Waals surface area contributed by atoms with Crippen LogP contribution >= 0.6 is 22.9 Å². The molecule has 0 unspecified atom stereocenters. The van der Waals surface area contributed by atoms with E-state index in [-0.39, 0.29) is 17.3 Å². The molecule has 2 rings (SSSR count). The molecule has 0 atom stereocenters. The van der Waals surface area contributed by atoms with Gasteiger partial charge in [-0.25, -0.2) is 9.78 Å². The average Bonchev–Trinajstić information content (AvgIpc) is 2.92. The summed E-state index contributed by atoms with van der Waals surface area (Å²) < 4.78 is 43.5. The summed E-state index contributed by atoms with van der Waals surface area (Å²) in [5.74, 6) is -1.82. The average molecular weight is 379 g/mol. The van der Waals surface area contributed by atoms with Gasteiger partial charge in [-0.1, -0.05) is 22.9 Å². The van der Waals surface area contributed by atoms with Crippen LogP contribution in [0.15, 0.2) is 24.3 Å². The molecule has 0 saturated heterocycles. The van der Waals surface area contributed by atoms with Gasteiger partial charge in [0.2, 0.25) is 0 Å². The summed E-state index contributed by atoms with van der Waals surface area (Å²) in [4.78, 5) is 26.2. The molecule has 10 heteroatoms.